The van der Waals surface area contributed by atoms with Gasteiger partial charge in [-0.25, -0.2) is 0 Å². The number of hydrogen-bond acceptors (Lipinski definition) is 3. The highest BCUT2D eigenvalue weighted by molar-refractivity contribution is 5.96. The van der Waals surface area contributed by atoms with Crippen molar-refractivity contribution >= 4 is 11.6 Å². The van der Waals surface area contributed by atoms with Gasteiger partial charge < -0.3 is 10.1 Å². The van der Waals surface area contributed by atoms with Crippen molar-refractivity contribution < 1.29 is 18.3 Å². The summed E-state index contributed by atoms with van der Waals surface area (Å²) in [5.74, 6) is -0.463. The summed E-state index contributed by atoms with van der Waals surface area (Å²) in [6.07, 6.45) is 0. The van der Waals surface area contributed by atoms with Gasteiger partial charge in [0.1, 0.15) is 11.2 Å². The van der Waals surface area contributed by atoms with Crippen molar-refractivity contribution in [2.24, 2.45) is 5.41 Å². The Morgan fingerprint density at radius 1 is 1.39 bits per heavy atom. The summed E-state index contributed by atoms with van der Waals surface area (Å²) >= 11 is 0. The van der Waals surface area contributed by atoms with Gasteiger partial charge in [-0.3, -0.25) is 4.79 Å². The monoisotopic (exact) mass is 254 g/mol. The molecular formula is C12H12F2N2O2. The molecule has 0 radical (unpaired) electrons. The number of ether oxygens (including phenoxy) is 1. The number of hydrogen-bond donors (Lipinski definition) is 1. The molecule has 1 aromatic rings. The summed E-state index contributed by atoms with van der Waals surface area (Å²) in [5, 5.41) is 11.3. The number of carbonyl (C=O) groups is 1. The molecule has 0 bridgehead atoms. The first-order valence-electron chi connectivity index (χ1n) is 5.13. The van der Waals surface area contributed by atoms with E-state index >= 15 is 0 Å². The Balaban J connectivity index is 2.70. The summed E-state index contributed by atoms with van der Waals surface area (Å²) in [6.45, 7) is 0.0794. The number of nitrogens with one attached hydrogen (secondary N) is 1. The molecular weight excluding hydrogens is 242 g/mol. The van der Waals surface area contributed by atoms with Crippen LogP contribution in [0.25, 0.3) is 0 Å². The van der Waals surface area contributed by atoms with E-state index in [-0.39, 0.29) is 5.75 Å². The fourth-order valence-electron chi connectivity index (χ4n) is 1.06. The lowest BCUT2D eigenvalue weighted by atomic mass is 9.94. The minimum atomic E-state index is -2.89. The Hall–Kier alpha value is -2.16. The van der Waals surface area contributed by atoms with Crippen molar-refractivity contribution in [2.45, 2.75) is 20.5 Å². The van der Waals surface area contributed by atoms with Crippen LogP contribution in [0.15, 0.2) is 24.3 Å². The van der Waals surface area contributed by atoms with E-state index in [4.69, 9.17) is 5.26 Å². The lowest BCUT2D eigenvalue weighted by molar-refractivity contribution is -0.121. The van der Waals surface area contributed by atoms with Crippen LogP contribution in [0.4, 0.5) is 14.5 Å². The third-order valence-electron chi connectivity index (χ3n) is 2.18. The van der Waals surface area contributed by atoms with Crippen LogP contribution in [0.5, 0.6) is 5.75 Å². The van der Waals surface area contributed by atoms with E-state index in [9.17, 15) is 13.6 Å². The summed E-state index contributed by atoms with van der Waals surface area (Å²) in [6, 6.07) is 7.32. The van der Waals surface area contributed by atoms with E-state index in [0.717, 1.165) is 0 Å². The third-order valence-corrected chi connectivity index (χ3v) is 2.18. The zero-order valence-corrected chi connectivity index (χ0v) is 9.91. The number of anilines is 1. The van der Waals surface area contributed by atoms with Crippen molar-refractivity contribution in [1.29, 1.82) is 5.26 Å². The van der Waals surface area contributed by atoms with Gasteiger partial charge in [0.15, 0.2) is 0 Å². The average molecular weight is 254 g/mol. The Morgan fingerprint density at radius 3 is 2.39 bits per heavy atom. The number of halogens is 2. The molecule has 1 rings (SSSR count). The van der Waals surface area contributed by atoms with Crippen molar-refractivity contribution in [3.63, 3.8) is 0 Å². The Labute approximate surface area is 103 Å². The molecule has 4 nitrogen and oxygen atoms in total. The predicted octanol–water partition coefficient (Wildman–Crippen LogP) is 2.78. The summed E-state index contributed by atoms with van der Waals surface area (Å²) in [5.41, 5.74) is -0.747. The molecule has 18 heavy (non-hydrogen) atoms. The molecule has 0 aliphatic carbocycles. The molecule has 0 spiro atoms. The normalized spacial score (nSPS) is 10.9. The zero-order valence-electron chi connectivity index (χ0n) is 9.91. The smallest absolute Gasteiger partial charge is 0.387 e. The lowest BCUT2D eigenvalue weighted by Gasteiger charge is -2.15. The van der Waals surface area contributed by atoms with E-state index in [1.807, 2.05) is 6.07 Å². The average Bonchev–Trinajstić information content (AvgIpc) is 2.31. The van der Waals surface area contributed by atoms with Gasteiger partial charge in [-0.2, -0.15) is 14.0 Å². The first-order valence-corrected chi connectivity index (χ1v) is 5.13. The van der Waals surface area contributed by atoms with Crippen LogP contribution in [0.1, 0.15) is 13.8 Å². The SMILES string of the molecule is CC(C)(C#N)C(=O)Nc1ccc(OC(F)F)cc1. The molecule has 96 valence electrons. The molecule has 0 aromatic heterocycles. The van der Waals surface area contributed by atoms with E-state index in [0.29, 0.717) is 5.69 Å². The largest absolute Gasteiger partial charge is 0.435 e. The molecule has 0 heterocycles. The van der Waals surface area contributed by atoms with Crippen LogP contribution in [-0.4, -0.2) is 12.5 Å². The van der Waals surface area contributed by atoms with Crippen LogP contribution in [0.3, 0.4) is 0 Å². The minimum absolute atomic E-state index is 0.00235. The van der Waals surface area contributed by atoms with Crippen molar-refractivity contribution in [3.05, 3.63) is 24.3 Å². The Bertz CT molecular complexity index is 464. The quantitative estimate of drug-likeness (QED) is 0.898. The van der Waals surface area contributed by atoms with Gasteiger partial charge in [0.05, 0.1) is 6.07 Å². The van der Waals surface area contributed by atoms with Gasteiger partial charge in [-0.15, -0.1) is 0 Å². The topological polar surface area (TPSA) is 62.1 Å². The fraction of sp³-hybridized carbons (Fsp3) is 0.333. The molecule has 0 saturated heterocycles. The molecule has 1 aromatic carbocycles. The second-order valence-corrected chi connectivity index (χ2v) is 4.09. The maximum absolute atomic E-state index is 11.9. The number of carbonyl (C=O) groups excluding carboxylic acids is 1. The van der Waals surface area contributed by atoms with Crippen LogP contribution >= 0.6 is 0 Å². The fourth-order valence-corrected chi connectivity index (χ4v) is 1.06. The van der Waals surface area contributed by atoms with Crippen LogP contribution in [0.2, 0.25) is 0 Å². The second kappa shape index (κ2) is 5.45. The number of rotatable bonds is 4. The number of alkyl halides is 2. The van der Waals surface area contributed by atoms with Crippen LogP contribution in [-0.2, 0) is 4.79 Å². The third kappa shape index (κ3) is 3.70. The van der Waals surface area contributed by atoms with Gasteiger partial charge in [0, 0.05) is 5.69 Å². The molecule has 0 unspecified atom stereocenters. The molecule has 0 atom stereocenters. The van der Waals surface area contributed by atoms with Gasteiger partial charge in [0.2, 0.25) is 5.91 Å². The van der Waals surface area contributed by atoms with E-state index in [1.165, 1.54) is 38.1 Å². The molecule has 1 amide bonds. The van der Waals surface area contributed by atoms with E-state index < -0.39 is 17.9 Å². The van der Waals surface area contributed by atoms with Gasteiger partial charge in [0.25, 0.3) is 0 Å². The van der Waals surface area contributed by atoms with Gasteiger partial charge in [-0.05, 0) is 38.1 Å². The van der Waals surface area contributed by atoms with Crippen molar-refractivity contribution in [3.8, 4) is 11.8 Å². The standard InChI is InChI=1S/C12H12F2N2O2/c1-12(2,7-15)10(17)16-8-3-5-9(6-4-8)18-11(13)14/h3-6,11H,1-2H3,(H,16,17). The number of benzene rings is 1. The minimum Gasteiger partial charge on any atom is -0.435 e. The summed E-state index contributed by atoms with van der Waals surface area (Å²) in [7, 11) is 0. The number of nitriles is 1. The molecule has 0 saturated carbocycles. The Kier molecular flexibility index (Phi) is 4.21. The summed E-state index contributed by atoms with van der Waals surface area (Å²) < 4.78 is 28.0. The van der Waals surface area contributed by atoms with E-state index in [2.05, 4.69) is 10.1 Å². The van der Waals surface area contributed by atoms with Crippen molar-refractivity contribution in [2.75, 3.05) is 5.32 Å². The number of amides is 1. The van der Waals surface area contributed by atoms with Crippen LogP contribution < -0.4 is 10.1 Å². The molecule has 0 aliphatic rings. The highest BCUT2D eigenvalue weighted by Crippen LogP contribution is 2.20. The molecule has 6 heteroatoms. The maximum Gasteiger partial charge on any atom is 0.387 e. The van der Waals surface area contributed by atoms with Crippen molar-refractivity contribution in [1.82, 2.24) is 0 Å². The highest BCUT2D eigenvalue weighted by Gasteiger charge is 2.27. The zero-order chi connectivity index (χ0) is 13.8. The highest BCUT2D eigenvalue weighted by atomic mass is 19.3. The van der Waals surface area contributed by atoms with Gasteiger partial charge in [-0.1, -0.05) is 0 Å². The van der Waals surface area contributed by atoms with Gasteiger partial charge >= 0.3 is 6.61 Å². The predicted molar refractivity (Wildman–Crippen MR) is 61.1 cm³/mol. The second-order valence-electron chi connectivity index (χ2n) is 4.09. The first kappa shape index (κ1) is 13.9. The first-order chi connectivity index (χ1) is 8.35. The van der Waals surface area contributed by atoms with E-state index in [1.54, 1.807) is 0 Å². The summed E-state index contributed by atoms with van der Waals surface area (Å²) in [4.78, 5) is 11.6. The van der Waals surface area contributed by atoms with Crippen LogP contribution in [0, 0.1) is 16.7 Å². The maximum atomic E-state index is 11.9. The molecule has 1 N–H and O–H groups in total. The number of nitrogens with zero attached hydrogens (tertiary/aromatic N) is 1. The Morgan fingerprint density at radius 2 is 1.94 bits per heavy atom. The lowest BCUT2D eigenvalue weighted by Crippen LogP contribution is -2.29. The molecule has 0 aliphatic heterocycles. The molecule has 0 fully saturated rings.